The normalized spacial score (nSPS) is 32.4. The minimum atomic E-state index is 0.187. The Bertz CT molecular complexity index is 563. The lowest BCUT2D eigenvalue weighted by molar-refractivity contribution is 0.101. The van der Waals surface area contributed by atoms with Crippen LogP contribution in [0.5, 0.6) is 0 Å². The van der Waals surface area contributed by atoms with Crippen molar-refractivity contribution in [2.45, 2.75) is 58.3 Å². The maximum atomic E-state index is 11.9. The third kappa shape index (κ3) is 2.06. The molecule has 1 saturated carbocycles. The van der Waals surface area contributed by atoms with Crippen LogP contribution in [0.4, 0.5) is 0 Å². The van der Waals surface area contributed by atoms with E-state index >= 15 is 0 Å². The van der Waals surface area contributed by atoms with Gasteiger partial charge in [-0.25, -0.2) is 0 Å². The lowest BCUT2D eigenvalue weighted by atomic mass is 9.55. The molecule has 0 amide bonds. The van der Waals surface area contributed by atoms with E-state index in [1.807, 2.05) is 0 Å². The van der Waals surface area contributed by atoms with Crippen molar-refractivity contribution >= 4 is 20.3 Å². The number of benzene rings is 1. The number of carbonyl (C=O) groups excluding carboxylic acids is 1. The van der Waals surface area contributed by atoms with Crippen molar-refractivity contribution in [3.8, 4) is 0 Å². The first-order chi connectivity index (χ1) is 9.43. The van der Waals surface area contributed by atoms with Crippen LogP contribution in [0.2, 0.25) is 0 Å². The number of rotatable bonds is 1. The van der Waals surface area contributed by atoms with E-state index in [0.717, 1.165) is 22.7 Å². The molecule has 1 nitrogen and oxygen atoms in total. The Morgan fingerprint density at radius 1 is 1.35 bits per heavy atom. The predicted octanol–water partition coefficient (Wildman–Crippen LogP) is 4.03. The number of ketones is 1. The highest BCUT2D eigenvalue weighted by Crippen LogP contribution is 2.52. The summed E-state index contributed by atoms with van der Waals surface area (Å²) in [6.07, 6.45) is 6.47. The molecule has 2 aliphatic carbocycles. The van der Waals surface area contributed by atoms with Crippen molar-refractivity contribution in [2.75, 3.05) is 0 Å². The van der Waals surface area contributed by atoms with Crippen molar-refractivity contribution < 1.29 is 4.79 Å². The Morgan fingerprint density at radius 2 is 2.10 bits per heavy atom. The molecule has 3 rings (SSSR count). The summed E-state index contributed by atoms with van der Waals surface area (Å²) in [5.41, 5.74) is 4.13. The smallest absolute Gasteiger partial charge is 0.160 e. The number of aryl methyl sites for hydroxylation is 1. The first-order valence-electron chi connectivity index (χ1n) is 7.87. The molecule has 0 aromatic heterocycles. The average molecular weight is 288 g/mol. The molecule has 4 atom stereocenters. The summed E-state index contributed by atoms with van der Waals surface area (Å²) in [7, 11) is 2.74. The zero-order valence-corrected chi connectivity index (χ0v) is 14.0. The molecule has 2 heteroatoms. The Labute approximate surface area is 124 Å². The fourth-order valence-electron chi connectivity index (χ4n) is 4.76. The molecule has 4 unspecified atom stereocenters. The third-order valence-corrected chi connectivity index (χ3v) is 6.33. The Kier molecular flexibility index (Phi) is 3.53. The molecule has 0 N–H and O–H groups in total. The van der Waals surface area contributed by atoms with E-state index in [4.69, 9.17) is 0 Å². The Hall–Kier alpha value is -0.680. The molecule has 0 aliphatic heterocycles. The highest BCUT2D eigenvalue weighted by atomic mass is 31.0. The SMILES string of the molecule is CC(=O)c1cc2c(cc1P)CCC1C(C)CCCC21C. The van der Waals surface area contributed by atoms with Crippen LogP contribution in [0.3, 0.4) is 0 Å². The van der Waals surface area contributed by atoms with E-state index in [-0.39, 0.29) is 11.2 Å². The van der Waals surface area contributed by atoms with Gasteiger partial charge in [-0.15, -0.1) is 9.24 Å². The first kappa shape index (κ1) is 14.3. The second-order valence-electron chi connectivity index (χ2n) is 7.08. The maximum absolute atomic E-state index is 11.9. The summed E-state index contributed by atoms with van der Waals surface area (Å²) >= 11 is 0. The van der Waals surface area contributed by atoms with Crippen LogP contribution in [0, 0.1) is 11.8 Å². The quantitative estimate of drug-likeness (QED) is 0.563. The monoisotopic (exact) mass is 288 g/mol. The molecule has 0 heterocycles. The zero-order valence-electron chi connectivity index (χ0n) is 12.8. The standard InChI is InChI=1S/C18H25OP/c1-11-5-4-8-18(3)15(11)7-6-13-9-17(20)14(12(2)19)10-16(13)18/h9-11,15H,4-8,20H2,1-3H3. The van der Waals surface area contributed by atoms with Crippen LogP contribution in [0.1, 0.15) is 67.9 Å². The van der Waals surface area contributed by atoms with Gasteiger partial charge in [-0.05, 0) is 65.9 Å². The van der Waals surface area contributed by atoms with Crippen molar-refractivity contribution in [2.24, 2.45) is 11.8 Å². The van der Waals surface area contributed by atoms with Gasteiger partial charge in [-0.1, -0.05) is 32.8 Å². The summed E-state index contributed by atoms with van der Waals surface area (Å²) in [5.74, 6) is 1.80. The number of fused-ring (bicyclic) bond motifs is 3. The van der Waals surface area contributed by atoms with Crippen molar-refractivity contribution in [1.82, 2.24) is 0 Å². The number of hydrogen-bond acceptors (Lipinski definition) is 1. The first-order valence-corrected chi connectivity index (χ1v) is 8.45. The molecule has 1 aromatic rings. The lowest BCUT2D eigenvalue weighted by Crippen LogP contribution is -2.43. The maximum Gasteiger partial charge on any atom is 0.160 e. The molecular formula is C18H25OP. The molecule has 0 saturated heterocycles. The van der Waals surface area contributed by atoms with Crippen molar-refractivity contribution in [3.63, 3.8) is 0 Å². The van der Waals surface area contributed by atoms with Crippen molar-refractivity contribution in [3.05, 3.63) is 28.8 Å². The van der Waals surface area contributed by atoms with Gasteiger partial charge in [0.25, 0.3) is 0 Å². The molecule has 0 radical (unpaired) electrons. The fourth-order valence-corrected chi connectivity index (χ4v) is 5.25. The molecule has 20 heavy (non-hydrogen) atoms. The Morgan fingerprint density at radius 3 is 2.80 bits per heavy atom. The van der Waals surface area contributed by atoms with Gasteiger partial charge in [0, 0.05) is 5.56 Å². The van der Waals surface area contributed by atoms with Gasteiger partial charge in [-0.3, -0.25) is 4.79 Å². The molecule has 108 valence electrons. The van der Waals surface area contributed by atoms with Crippen LogP contribution < -0.4 is 5.30 Å². The summed E-state index contributed by atoms with van der Waals surface area (Å²) < 4.78 is 0. The molecule has 0 spiro atoms. The minimum absolute atomic E-state index is 0.187. The van der Waals surface area contributed by atoms with Gasteiger partial charge < -0.3 is 0 Å². The van der Waals surface area contributed by atoms with Gasteiger partial charge in [0.15, 0.2) is 5.78 Å². The summed E-state index contributed by atoms with van der Waals surface area (Å²) in [6.45, 7) is 6.54. The van der Waals surface area contributed by atoms with Gasteiger partial charge >= 0.3 is 0 Å². The topological polar surface area (TPSA) is 17.1 Å². The molecule has 0 bridgehead atoms. The molecule has 1 aromatic carbocycles. The largest absolute Gasteiger partial charge is 0.294 e. The number of carbonyl (C=O) groups is 1. The molecule has 1 fully saturated rings. The summed E-state index contributed by atoms with van der Waals surface area (Å²) in [4.78, 5) is 11.9. The van der Waals surface area contributed by atoms with Crippen LogP contribution in [0.25, 0.3) is 0 Å². The van der Waals surface area contributed by atoms with Crippen LogP contribution in [-0.4, -0.2) is 5.78 Å². The van der Waals surface area contributed by atoms with E-state index in [9.17, 15) is 4.79 Å². The van der Waals surface area contributed by atoms with Crippen molar-refractivity contribution in [1.29, 1.82) is 0 Å². The van der Waals surface area contributed by atoms with E-state index in [1.54, 1.807) is 6.92 Å². The fraction of sp³-hybridized carbons (Fsp3) is 0.611. The van der Waals surface area contributed by atoms with E-state index < -0.39 is 0 Å². The lowest BCUT2D eigenvalue weighted by Gasteiger charge is -2.49. The summed E-state index contributed by atoms with van der Waals surface area (Å²) in [6, 6.07) is 4.46. The predicted molar refractivity (Wildman–Crippen MR) is 88.0 cm³/mol. The number of hydrogen-bond donors (Lipinski definition) is 0. The van der Waals surface area contributed by atoms with Gasteiger partial charge in [0.1, 0.15) is 0 Å². The number of Topliss-reactive ketones (excluding diaryl/α,β-unsaturated/α-hetero) is 1. The zero-order chi connectivity index (χ0) is 14.5. The average Bonchev–Trinajstić information content (AvgIpc) is 2.37. The van der Waals surface area contributed by atoms with Crippen LogP contribution >= 0.6 is 9.24 Å². The van der Waals surface area contributed by atoms with Gasteiger partial charge in [-0.2, -0.15) is 0 Å². The second kappa shape index (κ2) is 4.95. The van der Waals surface area contributed by atoms with E-state index in [0.29, 0.717) is 0 Å². The van der Waals surface area contributed by atoms with Crippen LogP contribution in [0.15, 0.2) is 12.1 Å². The highest BCUT2D eigenvalue weighted by molar-refractivity contribution is 7.27. The third-order valence-electron chi connectivity index (χ3n) is 5.86. The van der Waals surface area contributed by atoms with Gasteiger partial charge in [0.05, 0.1) is 0 Å². The van der Waals surface area contributed by atoms with Crippen LogP contribution in [-0.2, 0) is 11.8 Å². The minimum Gasteiger partial charge on any atom is -0.294 e. The Balaban J connectivity index is 2.15. The van der Waals surface area contributed by atoms with E-state index in [1.165, 1.54) is 43.2 Å². The molecular weight excluding hydrogens is 263 g/mol. The molecule has 2 aliphatic rings. The van der Waals surface area contributed by atoms with Gasteiger partial charge in [0.2, 0.25) is 0 Å². The highest BCUT2D eigenvalue weighted by Gasteiger charge is 2.45. The van der Waals surface area contributed by atoms with E-state index in [2.05, 4.69) is 35.2 Å². The second-order valence-corrected chi connectivity index (χ2v) is 7.71. The summed E-state index contributed by atoms with van der Waals surface area (Å²) in [5, 5.41) is 1.07.